The minimum absolute atomic E-state index is 0.0517. The van der Waals surface area contributed by atoms with E-state index < -0.39 is 0 Å². The van der Waals surface area contributed by atoms with Crippen molar-refractivity contribution in [3.05, 3.63) is 70.9 Å². The van der Waals surface area contributed by atoms with Crippen LogP contribution in [0.2, 0.25) is 0 Å². The Labute approximate surface area is 165 Å². The van der Waals surface area contributed by atoms with Crippen molar-refractivity contribution in [1.82, 2.24) is 14.8 Å². The zero-order valence-corrected chi connectivity index (χ0v) is 15.8. The molecule has 1 unspecified atom stereocenters. The average Bonchev–Trinajstić information content (AvgIpc) is 3.28. The number of nitrogens with one attached hydrogen (secondary N) is 1. The molecule has 0 aliphatic carbocycles. The molecular formula is C21H15N5OS. The van der Waals surface area contributed by atoms with E-state index in [2.05, 4.69) is 16.4 Å². The maximum Gasteiger partial charge on any atom is 0.226 e. The van der Waals surface area contributed by atoms with E-state index in [1.165, 1.54) is 0 Å². The first-order valence-corrected chi connectivity index (χ1v) is 9.71. The number of benzene rings is 2. The van der Waals surface area contributed by atoms with Gasteiger partial charge in [-0.1, -0.05) is 35.6 Å². The lowest BCUT2D eigenvalue weighted by Crippen LogP contribution is -2.24. The first kappa shape index (κ1) is 16.7. The summed E-state index contributed by atoms with van der Waals surface area (Å²) in [5.74, 6) is 0.533. The van der Waals surface area contributed by atoms with Crippen LogP contribution in [-0.2, 0) is 4.79 Å². The van der Waals surface area contributed by atoms with E-state index in [0.29, 0.717) is 17.8 Å². The maximum absolute atomic E-state index is 12.5. The van der Waals surface area contributed by atoms with Gasteiger partial charge in [0.1, 0.15) is 5.82 Å². The van der Waals surface area contributed by atoms with Crippen molar-refractivity contribution in [2.24, 2.45) is 0 Å². The monoisotopic (exact) mass is 385 g/mol. The van der Waals surface area contributed by atoms with Crippen LogP contribution in [-0.4, -0.2) is 20.7 Å². The van der Waals surface area contributed by atoms with Crippen molar-refractivity contribution in [1.29, 1.82) is 5.26 Å². The number of fused-ring (bicyclic) bond motifs is 2. The van der Waals surface area contributed by atoms with Crippen LogP contribution in [0.15, 0.2) is 48.5 Å². The van der Waals surface area contributed by atoms with Crippen LogP contribution in [0.4, 0.5) is 5.82 Å². The molecule has 136 valence electrons. The number of aromatic nitrogens is 3. The Balaban J connectivity index is 1.65. The van der Waals surface area contributed by atoms with Gasteiger partial charge >= 0.3 is 0 Å². The van der Waals surface area contributed by atoms with Crippen LogP contribution in [0.3, 0.4) is 0 Å². The number of thiazole rings is 1. The Hall–Kier alpha value is -3.50. The fourth-order valence-corrected chi connectivity index (χ4v) is 4.64. The number of nitriles is 1. The number of hydrogen-bond donors (Lipinski definition) is 1. The summed E-state index contributed by atoms with van der Waals surface area (Å²) in [4.78, 5) is 17.2. The van der Waals surface area contributed by atoms with Crippen LogP contribution in [0.1, 0.15) is 34.7 Å². The molecule has 1 amide bonds. The van der Waals surface area contributed by atoms with Crippen molar-refractivity contribution in [3.8, 4) is 11.2 Å². The summed E-state index contributed by atoms with van der Waals surface area (Å²) < 4.78 is 2.81. The Morgan fingerprint density at radius 1 is 1.21 bits per heavy atom. The number of hydrogen-bond acceptors (Lipinski definition) is 5. The van der Waals surface area contributed by atoms with Crippen LogP contribution in [0.25, 0.3) is 15.3 Å². The van der Waals surface area contributed by atoms with Crippen molar-refractivity contribution in [2.75, 3.05) is 5.32 Å². The Morgan fingerprint density at radius 3 is 2.75 bits per heavy atom. The second kappa shape index (κ2) is 6.29. The molecule has 0 bridgehead atoms. The summed E-state index contributed by atoms with van der Waals surface area (Å²) in [7, 11) is 0. The number of amides is 1. The quantitative estimate of drug-likeness (QED) is 0.562. The smallest absolute Gasteiger partial charge is 0.226 e. The molecule has 5 rings (SSSR count). The van der Waals surface area contributed by atoms with Gasteiger partial charge in [0.25, 0.3) is 0 Å². The fraction of sp³-hybridized carbons (Fsp3) is 0.143. The number of carbonyl (C=O) groups excluding carboxylic acids is 1. The van der Waals surface area contributed by atoms with Crippen LogP contribution < -0.4 is 5.32 Å². The first-order chi connectivity index (χ1) is 13.6. The van der Waals surface area contributed by atoms with Crippen molar-refractivity contribution in [3.63, 3.8) is 0 Å². The van der Waals surface area contributed by atoms with Gasteiger partial charge in [-0.2, -0.15) is 15.0 Å². The Kier molecular flexibility index (Phi) is 3.74. The summed E-state index contributed by atoms with van der Waals surface area (Å²) in [5.41, 5.74) is 4.38. The molecule has 28 heavy (non-hydrogen) atoms. The van der Waals surface area contributed by atoms with E-state index in [-0.39, 0.29) is 11.8 Å². The molecule has 2 aromatic carbocycles. The van der Waals surface area contributed by atoms with E-state index in [0.717, 1.165) is 32.2 Å². The van der Waals surface area contributed by atoms with Crippen molar-refractivity contribution >= 4 is 33.3 Å². The predicted molar refractivity (Wildman–Crippen MR) is 108 cm³/mol. The molecule has 1 N–H and O–H groups in total. The highest BCUT2D eigenvalue weighted by molar-refractivity contribution is 7.20. The summed E-state index contributed by atoms with van der Waals surface area (Å²) in [6.07, 6.45) is 0.352. The van der Waals surface area contributed by atoms with Gasteiger partial charge in [0.05, 0.1) is 27.5 Å². The molecule has 1 atom stereocenters. The lowest BCUT2D eigenvalue weighted by molar-refractivity contribution is -0.116. The van der Waals surface area contributed by atoms with Crippen molar-refractivity contribution in [2.45, 2.75) is 19.3 Å². The summed E-state index contributed by atoms with van der Waals surface area (Å²) in [5, 5.41) is 17.5. The summed E-state index contributed by atoms with van der Waals surface area (Å²) in [6, 6.07) is 17.5. The van der Waals surface area contributed by atoms with E-state index in [9.17, 15) is 4.79 Å². The minimum atomic E-state index is -0.0976. The van der Waals surface area contributed by atoms with Gasteiger partial charge in [0.15, 0.2) is 0 Å². The summed E-state index contributed by atoms with van der Waals surface area (Å²) in [6.45, 7) is 1.96. The molecule has 6 nitrogen and oxygen atoms in total. The molecule has 0 radical (unpaired) electrons. The maximum atomic E-state index is 12.5. The number of carbonyl (C=O) groups is 1. The third kappa shape index (κ3) is 2.58. The molecule has 1 aliphatic heterocycles. The van der Waals surface area contributed by atoms with Gasteiger partial charge in [-0.15, -0.1) is 0 Å². The second-order valence-electron chi connectivity index (χ2n) is 6.76. The van der Waals surface area contributed by atoms with E-state index in [1.54, 1.807) is 28.2 Å². The second-order valence-corrected chi connectivity index (χ2v) is 7.77. The molecule has 0 saturated heterocycles. The Bertz CT molecular complexity index is 1230. The Morgan fingerprint density at radius 2 is 2.00 bits per heavy atom. The number of rotatable bonds is 2. The lowest BCUT2D eigenvalue weighted by atomic mass is 9.85. The highest BCUT2D eigenvalue weighted by Gasteiger charge is 2.33. The molecule has 3 heterocycles. The molecule has 7 heteroatoms. The molecule has 4 aromatic rings. The largest absolute Gasteiger partial charge is 0.310 e. The normalized spacial score (nSPS) is 15.9. The van der Waals surface area contributed by atoms with Gasteiger partial charge < -0.3 is 5.32 Å². The van der Waals surface area contributed by atoms with Gasteiger partial charge in [0, 0.05) is 17.9 Å². The first-order valence-electron chi connectivity index (χ1n) is 8.89. The van der Waals surface area contributed by atoms with E-state index in [4.69, 9.17) is 10.4 Å². The van der Waals surface area contributed by atoms with E-state index >= 15 is 0 Å². The molecule has 0 saturated carbocycles. The highest BCUT2D eigenvalue weighted by Crippen LogP contribution is 2.41. The molecule has 0 fully saturated rings. The molecule has 1 aliphatic rings. The van der Waals surface area contributed by atoms with Crippen LogP contribution >= 0.6 is 11.3 Å². The highest BCUT2D eigenvalue weighted by atomic mass is 32.1. The number of aryl methyl sites for hydroxylation is 1. The lowest BCUT2D eigenvalue weighted by Gasteiger charge is -2.24. The predicted octanol–water partition coefficient (Wildman–Crippen LogP) is 4.14. The van der Waals surface area contributed by atoms with E-state index in [1.807, 2.05) is 43.3 Å². The van der Waals surface area contributed by atoms with Gasteiger partial charge in [-0.3, -0.25) is 4.79 Å². The summed E-state index contributed by atoms with van der Waals surface area (Å²) >= 11 is 1.54. The third-order valence-electron chi connectivity index (χ3n) is 5.01. The third-order valence-corrected chi connectivity index (χ3v) is 6.02. The van der Waals surface area contributed by atoms with Crippen LogP contribution in [0.5, 0.6) is 0 Å². The van der Waals surface area contributed by atoms with Gasteiger partial charge in [-0.25, -0.2) is 4.98 Å². The fourth-order valence-electron chi connectivity index (χ4n) is 3.71. The molecule has 0 spiro atoms. The zero-order valence-electron chi connectivity index (χ0n) is 15.0. The van der Waals surface area contributed by atoms with Gasteiger partial charge in [0.2, 0.25) is 11.0 Å². The van der Waals surface area contributed by atoms with Crippen LogP contribution in [0, 0.1) is 18.3 Å². The molecular weight excluding hydrogens is 370 g/mol. The number of anilines is 1. The number of para-hydroxylation sites is 1. The topological polar surface area (TPSA) is 83.6 Å². The van der Waals surface area contributed by atoms with Gasteiger partial charge in [-0.05, 0) is 36.8 Å². The SMILES string of the molecule is Cc1nn(-c2nc3ccccc3s2)c2c1C(c1ccc(C#N)cc1)CC(=O)N2. The molecule has 2 aromatic heterocycles. The van der Waals surface area contributed by atoms with Crippen molar-refractivity contribution < 1.29 is 4.79 Å². The standard InChI is InChI=1S/C21H15N5OS/c1-12-19-15(14-8-6-13(11-22)7-9-14)10-18(27)24-20(19)26(25-12)21-23-16-4-2-3-5-17(16)28-21/h2-9,15H,10H2,1H3,(H,24,27). The zero-order chi connectivity index (χ0) is 19.3. The minimum Gasteiger partial charge on any atom is -0.310 e. The average molecular weight is 385 g/mol. The number of nitrogens with zero attached hydrogens (tertiary/aromatic N) is 4.